The first-order chi connectivity index (χ1) is 14.1. The molecular weight excluding hydrogens is 444 g/mol. The van der Waals surface area contributed by atoms with Crippen LogP contribution in [0.2, 0.25) is 0 Å². The zero-order chi connectivity index (χ0) is 20.2. The molecule has 146 valence electrons. The van der Waals surface area contributed by atoms with Crippen molar-refractivity contribution >= 4 is 27.3 Å². The molecule has 0 bridgehead atoms. The molecule has 1 aromatic heterocycles. The average molecular weight is 465 g/mol. The third-order valence-electron chi connectivity index (χ3n) is 4.79. The predicted molar refractivity (Wildman–Crippen MR) is 124 cm³/mol. The van der Waals surface area contributed by atoms with Crippen LogP contribution in [-0.4, -0.2) is 5.11 Å². The average Bonchev–Trinajstić information content (AvgIpc) is 3.23. The number of thiophene rings is 1. The van der Waals surface area contributed by atoms with Crippen LogP contribution in [0.4, 0.5) is 0 Å². The Morgan fingerprint density at radius 1 is 0.931 bits per heavy atom. The van der Waals surface area contributed by atoms with Crippen LogP contribution >= 0.6 is 27.3 Å². The summed E-state index contributed by atoms with van der Waals surface area (Å²) in [5, 5.41) is 11.9. The molecule has 4 rings (SSSR count). The molecule has 0 aliphatic rings. The summed E-state index contributed by atoms with van der Waals surface area (Å²) in [4.78, 5) is 1.19. The number of rotatable bonds is 6. The molecule has 4 aromatic rings. The van der Waals surface area contributed by atoms with E-state index in [1.165, 1.54) is 4.88 Å². The predicted octanol–water partition coefficient (Wildman–Crippen LogP) is 7.48. The molecule has 4 heteroatoms. The number of aliphatic hydroxyl groups is 1. The molecule has 2 nitrogen and oxygen atoms in total. The minimum Gasteiger partial charge on any atom is -0.488 e. The van der Waals surface area contributed by atoms with Crippen molar-refractivity contribution in [2.24, 2.45) is 0 Å². The Balaban J connectivity index is 1.68. The minimum atomic E-state index is -0.463. The number of benzene rings is 3. The molecular formula is C25H21BrO2S. The number of ether oxygens (including phenoxy) is 1. The molecule has 0 saturated heterocycles. The zero-order valence-corrected chi connectivity index (χ0v) is 18.4. The molecule has 1 unspecified atom stereocenters. The maximum absolute atomic E-state index is 9.78. The van der Waals surface area contributed by atoms with Crippen LogP contribution in [0.3, 0.4) is 0 Å². The standard InChI is InChI=1S/C25H21BrO2S/c1-17(27)19-7-9-20(10-8-19)25-22(13-14-29-25)23-15-21(26)11-12-24(23)28-16-18-5-3-2-4-6-18/h2-15,17,27H,16H2,1H3. The van der Waals surface area contributed by atoms with Crippen LogP contribution in [-0.2, 0) is 6.61 Å². The smallest absolute Gasteiger partial charge is 0.127 e. The van der Waals surface area contributed by atoms with Gasteiger partial charge in [-0.25, -0.2) is 0 Å². The van der Waals surface area contributed by atoms with Gasteiger partial charge in [0.05, 0.1) is 6.10 Å². The lowest BCUT2D eigenvalue weighted by atomic mass is 10.0. The highest BCUT2D eigenvalue weighted by Gasteiger charge is 2.15. The van der Waals surface area contributed by atoms with E-state index < -0.39 is 6.10 Å². The summed E-state index contributed by atoms with van der Waals surface area (Å²) >= 11 is 5.31. The summed E-state index contributed by atoms with van der Waals surface area (Å²) in [6, 6.07) is 26.6. The van der Waals surface area contributed by atoms with Crippen molar-refractivity contribution in [2.75, 3.05) is 0 Å². The Morgan fingerprint density at radius 3 is 2.41 bits per heavy atom. The molecule has 29 heavy (non-hydrogen) atoms. The maximum atomic E-state index is 9.78. The van der Waals surface area contributed by atoms with Gasteiger partial charge in [0.2, 0.25) is 0 Å². The Morgan fingerprint density at radius 2 is 1.69 bits per heavy atom. The van der Waals surface area contributed by atoms with Crippen molar-refractivity contribution in [3.8, 4) is 27.3 Å². The van der Waals surface area contributed by atoms with Gasteiger partial charge in [-0.15, -0.1) is 11.3 Å². The molecule has 1 heterocycles. The van der Waals surface area contributed by atoms with Gasteiger partial charge < -0.3 is 9.84 Å². The molecule has 0 spiro atoms. The molecule has 0 saturated carbocycles. The lowest BCUT2D eigenvalue weighted by Crippen LogP contribution is -1.97. The summed E-state index contributed by atoms with van der Waals surface area (Å²) in [7, 11) is 0. The van der Waals surface area contributed by atoms with E-state index in [0.717, 1.165) is 38.0 Å². The first kappa shape index (κ1) is 19.9. The van der Waals surface area contributed by atoms with E-state index in [1.54, 1.807) is 18.3 Å². The van der Waals surface area contributed by atoms with Crippen molar-refractivity contribution in [1.29, 1.82) is 0 Å². The Kier molecular flexibility index (Phi) is 6.14. The van der Waals surface area contributed by atoms with Gasteiger partial charge in [-0.1, -0.05) is 70.5 Å². The lowest BCUT2D eigenvalue weighted by molar-refractivity contribution is 0.199. The topological polar surface area (TPSA) is 29.5 Å². The molecule has 0 amide bonds. The highest BCUT2D eigenvalue weighted by molar-refractivity contribution is 9.10. The summed E-state index contributed by atoms with van der Waals surface area (Å²) in [5.41, 5.74) is 5.39. The summed E-state index contributed by atoms with van der Waals surface area (Å²) in [6.07, 6.45) is -0.463. The molecule has 0 aliphatic heterocycles. The van der Waals surface area contributed by atoms with Crippen LogP contribution in [0.1, 0.15) is 24.2 Å². The fourth-order valence-electron chi connectivity index (χ4n) is 3.23. The first-order valence-corrected chi connectivity index (χ1v) is 11.1. The van der Waals surface area contributed by atoms with E-state index in [2.05, 4.69) is 57.7 Å². The van der Waals surface area contributed by atoms with Gasteiger partial charge in [-0.2, -0.15) is 0 Å². The highest BCUT2D eigenvalue weighted by Crippen LogP contribution is 2.42. The van der Waals surface area contributed by atoms with Gasteiger partial charge in [0.25, 0.3) is 0 Å². The zero-order valence-electron chi connectivity index (χ0n) is 16.0. The summed E-state index contributed by atoms with van der Waals surface area (Å²) in [5.74, 6) is 0.859. The van der Waals surface area contributed by atoms with Crippen LogP contribution in [0, 0.1) is 0 Å². The number of aliphatic hydroxyl groups excluding tert-OH is 1. The van der Waals surface area contributed by atoms with Gasteiger partial charge in [0.1, 0.15) is 12.4 Å². The molecule has 1 N–H and O–H groups in total. The number of hydrogen-bond acceptors (Lipinski definition) is 3. The molecule has 1 atom stereocenters. The van der Waals surface area contributed by atoms with Crippen LogP contribution in [0.15, 0.2) is 88.7 Å². The van der Waals surface area contributed by atoms with Gasteiger partial charge in [0.15, 0.2) is 0 Å². The second-order valence-electron chi connectivity index (χ2n) is 6.88. The number of halogens is 1. The first-order valence-electron chi connectivity index (χ1n) is 9.44. The normalized spacial score (nSPS) is 12.0. The molecule has 0 fully saturated rings. The van der Waals surface area contributed by atoms with E-state index in [4.69, 9.17) is 4.74 Å². The quantitative estimate of drug-likeness (QED) is 0.320. The Bertz CT molecular complexity index is 1090. The van der Waals surface area contributed by atoms with E-state index in [9.17, 15) is 5.11 Å². The van der Waals surface area contributed by atoms with Gasteiger partial charge in [-0.3, -0.25) is 0 Å². The second kappa shape index (κ2) is 8.95. The van der Waals surface area contributed by atoms with Gasteiger partial charge >= 0.3 is 0 Å². The minimum absolute atomic E-state index is 0.463. The van der Waals surface area contributed by atoms with E-state index in [-0.39, 0.29) is 0 Å². The number of hydrogen-bond donors (Lipinski definition) is 1. The molecule has 0 aliphatic carbocycles. The monoisotopic (exact) mass is 464 g/mol. The van der Waals surface area contributed by atoms with Crippen molar-refractivity contribution in [3.05, 3.63) is 99.8 Å². The lowest BCUT2D eigenvalue weighted by Gasteiger charge is -2.14. The second-order valence-corrected chi connectivity index (χ2v) is 8.71. The third-order valence-corrected chi connectivity index (χ3v) is 6.25. The molecule has 0 radical (unpaired) electrons. The van der Waals surface area contributed by atoms with Crippen LogP contribution in [0.25, 0.3) is 21.6 Å². The third kappa shape index (κ3) is 4.61. The maximum Gasteiger partial charge on any atom is 0.127 e. The fraction of sp³-hybridized carbons (Fsp3) is 0.120. The van der Waals surface area contributed by atoms with Crippen molar-refractivity contribution in [2.45, 2.75) is 19.6 Å². The van der Waals surface area contributed by atoms with Gasteiger partial charge in [0, 0.05) is 20.5 Å². The van der Waals surface area contributed by atoms with E-state index in [1.807, 2.05) is 42.5 Å². The Hall–Kier alpha value is -2.40. The van der Waals surface area contributed by atoms with Crippen molar-refractivity contribution in [1.82, 2.24) is 0 Å². The van der Waals surface area contributed by atoms with Gasteiger partial charge in [-0.05, 0) is 53.3 Å². The largest absolute Gasteiger partial charge is 0.488 e. The van der Waals surface area contributed by atoms with Crippen molar-refractivity contribution in [3.63, 3.8) is 0 Å². The van der Waals surface area contributed by atoms with Crippen LogP contribution < -0.4 is 4.74 Å². The fourth-order valence-corrected chi connectivity index (χ4v) is 4.51. The van der Waals surface area contributed by atoms with E-state index >= 15 is 0 Å². The summed E-state index contributed by atoms with van der Waals surface area (Å²) < 4.78 is 7.21. The van der Waals surface area contributed by atoms with Crippen molar-refractivity contribution < 1.29 is 9.84 Å². The van der Waals surface area contributed by atoms with E-state index in [0.29, 0.717) is 6.61 Å². The Labute approximate surface area is 183 Å². The molecule has 3 aromatic carbocycles. The van der Waals surface area contributed by atoms with Crippen LogP contribution in [0.5, 0.6) is 5.75 Å². The highest BCUT2D eigenvalue weighted by atomic mass is 79.9. The summed E-state index contributed by atoms with van der Waals surface area (Å²) in [6.45, 7) is 2.31. The SMILES string of the molecule is CC(O)c1ccc(-c2sccc2-c2cc(Br)ccc2OCc2ccccc2)cc1.